The molecule has 0 saturated carbocycles. The normalized spacial score (nSPS) is 9.23. The van der Waals surface area contributed by atoms with Crippen molar-refractivity contribution in [2.45, 2.75) is 6.54 Å². The van der Waals surface area contributed by atoms with Crippen LogP contribution in [0.2, 0.25) is 0 Å². The summed E-state index contributed by atoms with van der Waals surface area (Å²) in [6, 6.07) is 9.78. The highest BCUT2D eigenvalue weighted by Gasteiger charge is 1.99. The van der Waals surface area contributed by atoms with Gasteiger partial charge in [0.15, 0.2) is 0 Å². The molecule has 0 amide bonds. The van der Waals surface area contributed by atoms with Crippen LogP contribution < -0.4 is 10.1 Å². The van der Waals surface area contributed by atoms with Crippen LogP contribution in [-0.2, 0) is 6.54 Å². The van der Waals surface area contributed by atoms with Crippen LogP contribution in [0, 0.1) is 11.3 Å². The maximum absolute atomic E-state index is 8.33. The Bertz CT molecular complexity index is 304. The highest BCUT2D eigenvalue weighted by molar-refractivity contribution is 5.32. The highest BCUT2D eigenvalue weighted by Crippen LogP contribution is 2.16. The Hall–Kier alpha value is -1.53. The Labute approximate surface area is 77.9 Å². The van der Waals surface area contributed by atoms with E-state index in [0.717, 1.165) is 11.3 Å². The Morgan fingerprint density at radius 3 is 2.92 bits per heavy atom. The summed E-state index contributed by atoms with van der Waals surface area (Å²) < 4.78 is 5.15. The van der Waals surface area contributed by atoms with E-state index in [0.29, 0.717) is 13.1 Å². The third-order valence-electron chi connectivity index (χ3n) is 1.71. The van der Waals surface area contributed by atoms with Gasteiger partial charge < -0.3 is 10.1 Å². The molecule has 0 atom stereocenters. The van der Waals surface area contributed by atoms with Crippen LogP contribution >= 0.6 is 0 Å². The minimum atomic E-state index is 0.359. The Kier molecular flexibility index (Phi) is 3.80. The molecule has 0 aliphatic carbocycles. The van der Waals surface area contributed by atoms with Gasteiger partial charge in [0, 0.05) is 12.1 Å². The number of nitrogens with one attached hydrogen (secondary N) is 1. The van der Waals surface area contributed by atoms with Gasteiger partial charge in [-0.1, -0.05) is 18.2 Å². The van der Waals surface area contributed by atoms with Crippen LogP contribution in [0.5, 0.6) is 5.75 Å². The number of hydrogen-bond acceptors (Lipinski definition) is 3. The molecule has 0 spiro atoms. The summed E-state index contributed by atoms with van der Waals surface area (Å²) in [4.78, 5) is 0. The van der Waals surface area contributed by atoms with Crippen molar-refractivity contribution in [3.63, 3.8) is 0 Å². The number of ether oxygens (including phenoxy) is 1. The molecule has 68 valence electrons. The first-order valence-electron chi connectivity index (χ1n) is 4.08. The van der Waals surface area contributed by atoms with Crippen molar-refractivity contribution in [3.8, 4) is 11.8 Å². The largest absolute Gasteiger partial charge is 0.496 e. The van der Waals surface area contributed by atoms with E-state index < -0.39 is 0 Å². The number of benzene rings is 1. The zero-order valence-electron chi connectivity index (χ0n) is 7.58. The van der Waals surface area contributed by atoms with Gasteiger partial charge >= 0.3 is 0 Å². The van der Waals surface area contributed by atoms with E-state index in [9.17, 15) is 0 Å². The van der Waals surface area contributed by atoms with Gasteiger partial charge in [0.1, 0.15) is 5.75 Å². The average Bonchev–Trinajstić information content (AvgIpc) is 2.19. The number of nitrogens with zero attached hydrogens (tertiary/aromatic N) is 1. The van der Waals surface area contributed by atoms with Crippen molar-refractivity contribution >= 4 is 0 Å². The quantitative estimate of drug-likeness (QED) is 0.555. The van der Waals surface area contributed by atoms with Crippen molar-refractivity contribution in [1.82, 2.24) is 5.32 Å². The minimum Gasteiger partial charge on any atom is -0.496 e. The van der Waals surface area contributed by atoms with Gasteiger partial charge in [0.05, 0.1) is 19.7 Å². The zero-order valence-corrected chi connectivity index (χ0v) is 7.58. The Morgan fingerprint density at radius 2 is 2.23 bits per heavy atom. The maximum atomic E-state index is 8.33. The first-order valence-corrected chi connectivity index (χ1v) is 4.08. The number of rotatable bonds is 4. The smallest absolute Gasteiger partial charge is 0.123 e. The predicted octanol–water partition coefficient (Wildman–Crippen LogP) is 1.31. The van der Waals surface area contributed by atoms with Crippen molar-refractivity contribution < 1.29 is 4.74 Å². The lowest BCUT2D eigenvalue weighted by Gasteiger charge is -2.06. The first-order chi connectivity index (χ1) is 6.38. The molecule has 1 rings (SSSR count). The van der Waals surface area contributed by atoms with Gasteiger partial charge in [-0.2, -0.15) is 5.26 Å². The third kappa shape index (κ3) is 2.77. The van der Waals surface area contributed by atoms with Crippen LogP contribution in [0.25, 0.3) is 0 Å². The third-order valence-corrected chi connectivity index (χ3v) is 1.71. The van der Waals surface area contributed by atoms with E-state index in [1.54, 1.807) is 7.11 Å². The van der Waals surface area contributed by atoms with Crippen LogP contribution in [0.15, 0.2) is 24.3 Å². The van der Waals surface area contributed by atoms with Crippen molar-refractivity contribution in [2.24, 2.45) is 0 Å². The van der Waals surface area contributed by atoms with Gasteiger partial charge in [-0.25, -0.2) is 0 Å². The second kappa shape index (κ2) is 5.18. The van der Waals surface area contributed by atoms with E-state index in [4.69, 9.17) is 10.00 Å². The number of hydrogen-bond donors (Lipinski definition) is 1. The van der Waals surface area contributed by atoms with Gasteiger partial charge in [-0.3, -0.25) is 0 Å². The second-order valence-electron chi connectivity index (χ2n) is 2.57. The van der Waals surface area contributed by atoms with E-state index in [1.807, 2.05) is 30.3 Å². The molecule has 0 saturated heterocycles. The molecule has 0 aliphatic heterocycles. The van der Waals surface area contributed by atoms with Crippen molar-refractivity contribution in [2.75, 3.05) is 13.7 Å². The van der Waals surface area contributed by atoms with E-state index in [2.05, 4.69) is 5.32 Å². The fourth-order valence-electron chi connectivity index (χ4n) is 1.10. The number of para-hydroxylation sites is 1. The predicted molar refractivity (Wildman–Crippen MR) is 50.3 cm³/mol. The zero-order chi connectivity index (χ0) is 9.52. The van der Waals surface area contributed by atoms with Gasteiger partial charge in [-0.15, -0.1) is 0 Å². The van der Waals surface area contributed by atoms with Gasteiger partial charge in [-0.05, 0) is 6.07 Å². The SMILES string of the molecule is COc1ccccc1CNCC#N. The molecule has 0 aliphatic rings. The lowest BCUT2D eigenvalue weighted by Crippen LogP contribution is -2.13. The summed E-state index contributed by atoms with van der Waals surface area (Å²) in [7, 11) is 1.64. The first kappa shape index (κ1) is 9.56. The monoisotopic (exact) mass is 176 g/mol. The number of methoxy groups -OCH3 is 1. The highest BCUT2D eigenvalue weighted by atomic mass is 16.5. The summed E-state index contributed by atoms with van der Waals surface area (Å²) in [5.41, 5.74) is 1.07. The molecule has 3 heteroatoms. The van der Waals surface area contributed by atoms with Crippen LogP contribution in [0.3, 0.4) is 0 Å². The van der Waals surface area contributed by atoms with E-state index in [-0.39, 0.29) is 0 Å². The molecule has 0 radical (unpaired) electrons. The lowest BCUT2D eigenvalue weighted by molar-refractivity contribution is 0.408. The fourth-order valence-corrected chi connectivity index (χ4v) is 1.10. The summed E-state index contributed by atoms with van der Waals surface area (Å²) >= 11 is 0. The standard InChI is InChI=1S/C10H12N2O/c1-13-10-5-3-2-4-9(10)8-12-7-6-11/h2-5,12H,7-8H2,1H3. The maximum Gasteiger partial charge on any atom is 0.123 e. The molecule has 0 unspecified atom stereocenters. The van der Waals surface area contributed by atoms with Crippen LogP contribution in [-0.4, -0.2) is 13.7 Å². The molecule has 1 aromatic carbocycles. The van der Waals surface area contributed by atoms with E-state index >= 15 is 0 Å². The molecular weight excluding hydrogens is 164 g/mol. The summed E-state index contributed by atoms with van der Waals surface area (Å²) in [6.07, 6.45) is 0. The topological polar surface area (TPSA) is 45.0 Å². The molecule has 0 aromatic heterocycles. The summed E-state index contributed by atoms with van der Waals surface area (Å²) in [5.74, 6) is 0.855. The summed E-state index contributed by atoms with van der Waals surface area (Å²) in [5, 5.41) is 11.3. The van der Waals surface area contributed by atoms with Crippen molar-refractivity contribution in [1.29, 1.82) is 5.26 Å². The van der Waals surface area contributed by atoms with E-state index in [1.165, 1.54) is 0 Å². The molecule has 1 aromatic rings. The van der Waals surface area contributed by atoms with Crippen LogP contribution in [0.4, 0.5) is 0 Å². The Morgan fingerprint density at radius 1 is 1.46 bits per heavy atom. The molecule has 1 N–H and O–H groups in total. The van der Waals surface area contributed by atoms with Gasteiger partial charge in [0.25, 0.3) is 0 Å². The Balaban J connectivity index is 2.60. The molecule has 0 fully saturated rings. The lowest BCUT2D eigenvalue weighted by atomic mass is 10.2. The average molecular weight is 176 g/mol. The molecule has 13 heavy (non-hydrogen) atoms. The second-order valence-corrected chi connectivity index (χ2v) is 2.57. The molecule has 0 heterocycles. The fraction of sp³-hybridized carbons (Fsp3) is 0.300. The molecule has 0 bridgehead atoms. The molecular formula is C10H12N2O. The van der Waals surface area contributed by atoms with Gasteiger partial charge in [0.2, 0.25) is 0 Å². The number of nitriles is 1. The minimum absolute atomic E-state index is 0.359. The van der Waals surface area contributed by atoms with Crippen molar-refractivity contribution in [3.05, 3.63) is 29.8 Å². The molecule has 3 nitrogen and oxygen atoms in total. The van der Waals surface area contributed by atoms with Crippen LogP contribution in [0.1, 0.15) is 5.56 Å². The summed E-state index contributed by atoms with van der Waals surface area (Å²) in [6.45, 7) is 1.02.